The van der Waals surface area contributed by atoms with E-state index in [1.807, 2.05) is 52.0 Å². The molecule has 2 aromatic carbocycles. The van der Waals surface area contributed by atoms with Crippen LogP contribution in [0.4, 0.5) is 0 Å². The average molecular weight is 539 g/mol. The molecule has 0 spiro atoms. The van der Waals surface area contributed by atoms with E-state index < -0.39 is 0 Å². The van der Waals surface area contributed by atoms with E-state index >= 15 is 0 Å². The molecule has 0 atom stereocenters. The van der Waals surface area contributed by atoms with Crippen molar-refractivity contribution in [1.29, 1.82) is 0 Å². The maximum atomic E-state index is 11.0. The van der Waals surface area contributed by atoms with Gasteiger partial charge < -0.3 is 20.1 Å². The van der Waals surface area contributed by atoms with Crippen molar-refractivity contribution in [1.82, 2.24) is 0 Å². The Labute approximate surface area is 239 Å². The molecule has 0 aromatic heterocycles. The van der Waals surface area contributed by atoms with Crippen molar-refractivity contribution >= 4 is 17.2 Å². The van der Waals surface area contributed by atoms with Gasteiger partial charge in [-0.15, -0.1) is 0 Å². The molecule has 0 fully saturated rings. The first kappa shape index (κ1) is 29.1. The first-order valence-electron chi connectivity index (χ1n) is 14.1. The number of benzene rings is 2. The summed E-state index contributed by atoms with van der Waals surface area (Å²) in [5.74, 6) is 2.16. The molecule has 0 radical (unpaired) electrons. The summed E-state index contributed by atoms with van der Waals surface area (Å²) in [5, 5.41) is 31.6. The minimum atomic E-state index is -0.142. The van der Waals surface area contributed by atoms with E-state index in [2.05, 4.69) is 45.6 Å². The highest BCUT2D eigenvalue weighted by molar-refractivity contribution is 5.83. The zero-order chi connectivity index (χ0) is 29.4. The number of aliphatic hydroxyl groups excluding tert-OH is 3. The molecule has 3 N–H and O–H groups in total. The Hall–Kier alpha value is -3.92. The predicted molar refractivity (Wildman–Crippen MR) is 167 cm³/mol. The van der Waals surface area contributed by atoms with Crippen LogP contribution in [0.25, 0.3) is 17.2 Å². The summed E-state index contributed by atoms with van der Waals surface area (Å²) in [7, 11) is 0. The maximum absolute atomic E-state index is 11.0. The molecular formula is C36H42O4. The number of hydrogen-bond donors (Lipinski definition) is 3. The van der Waals surface area contributed by atoms with Gasteiger partial charge in [0.2, 0.25) is 0 Å². The fraction of sp³-hybridized carbons (Fsp3) is 0.333. The molecule has 0 unspecified atom stereocenters. The van der Waals surface area contributed by atoms with Gasteiger partial charge in [-0.1, -0.05) is 58.6 Å². The van der Waals surface area contributed by atoms with Crippen molar-refractivity contribution in [2.75, 3.05) is 0 Å². The second kappa shape index (κ2) is 11.3. The Morgan fingerprint density at radius 3 is 2.38 bits per heavy atom. The Morgan fingerprint density at radius 2 is 1.75 bits per heavy atom. The highest BCUT2D eigenvalue weighted by atomic mass is 16.5. The molecule has 2 aliphatic rings. The summed E-state index contributed by atoms with van der Waals surface area (Å²) in [6.45, 7) is 18.2. The van der Waals surface area contributed by atoms with E-state index in [1.54, 1.807) is 6.08 Å². The topological polar surface area (TPSA) is 69.9 Å². The lowest BCUT2D eigenvalue weighted by Crippen LogP contribution is -2.22. The number of fused-ring (bicyclic) bond motifs is 1. The van der Waals surface area contributed by atoms with Crippen LogP contribution in [0.15, 0.2) is 83.1 Å². The van der Waals surface area contributed by atoms with E-state index in [0.29, 0.717) is 12.8 Å². The Kier molecular flexibility index (Phi) is 8.20. The van der Waals surface area contributed by atoms with Crippen LogP contribution in [0.3, 0.4) is 0 Å². The molecule has 0 amide bonds. The zero-order valence-corrected chi connectivity index (χ0v) is 24.9. The first-order valence-corrected chi connectivity index (χ1v) is 14.1. The summed E-state index contributed by atoms with van der Waals surface area (Å²) in [5.41, 5.74) is 9.33. The van der Waals surface area contributed by atoms with Crippen LogP contribution >= 0.6 is 0 Å². The van der Waals surface area contributed by atoms with Gasteiger partial charge in [0.1, 0.15) is 28.8 Å². The van der Waals surface area contributed by atoms with Gasteiger partial charge in [0, 0.05) is 17.6 Å². The van der Waals surface area contributed by atoms with E-state index in [-0.39, 0.29) is 22.7 Å². The molecule has 4 nitrogen and oxygen atoms in total. The molecule has 0 saturated heterocycles. The van der Waals surface area contributed by atoms with E-state index in [4.69, 9.17) is 4.74 Å². The highest BCUT2D eigenvalue weighted by Gasteiger charge is 2.31. The van der Waals surface area contributed by atoms with Crippen LogP contribution in [0.1, 0.15) is 95.0 Å². The second-order valence-electron chi connectivity index (χ2n) is 11.5. The normalized spacial score (nSPS) is 17.2. The predicted octanol–water partition coefficient (Wildman–Crippen LogP) is 10.6. The van der Waals surface area contributed by atoms with Crippen LogP contribution in [0, 0.1) is 6.92 Å². The highest BCUT2D eigenvalue weighted by Crippen LogP contribution is 2.46. The summed E-state index contributed by atoms with van der Waals surface area (Å²) < 4.78 is 6.63. The molecule has 4 heteroatoms. The van der Waals surface area contributed by atoms with Crippen molar-refractivity contribution in [2.45, 2.75) is 79.6 Å². The summed E-state index contributed by atoms with van der Waals surface area (Å²) in [6.07, 6.45) is 8.81. The fourth-order valence-corrected chi connectivity index (χ4v) is 5.95. The molecule has 2 aliphatic carbocycles. The number of hydrogen-bond acceptors (Lipinski definition) is 4. The Bertz CT molecular complexity index is 1520. The number of allylic oxidation sites excluding steroid dienone is 7. The third-order valence-electron chi connectivity index (χ3n) is 8.25. The van der Waals surface area contributed by atoms with Crippen molar-refractivity contribution in [2.24, 2.45) is 0 Å². The average Bonchev–Trinajstić information content (AvgIpc) is 3.00. The van der Waals surface area contributed by atoms with Crippen molar-refractivity contribution < 1.29 is 20.1 Å². The van der Waals surface area contributed by atoms with Crippen molar-refractivity contribution in [3.8, 4) is 11.5 Å². The molecule has 0 bridgehead atoms. The zero-order valence-electron chi connectivity index (χ0n) is 24.9. The summed E-state index contributed by atoms with van der Waals surface area (Å²) in [6, 6.07) is 10.1. The van der Waals surface area contributed by atoms with Crippen LogP contribution in [0.2, 0.25) is 0 Å². The SMILES string of the molecule is C=C(O)/C(C)=C(\CC)c1ccc(Oc2ccc(C3=C(O)CC(CC)=C(O)C=C3C)cc2C)c2c1C=CCC2(C)C. The van der Waals surface area contributed by atoms with Crippen LogP contribution < -0.4 is 4.74 Å². The molecule has 4 rings (SSSR count). The van der Waals surface area contributed by atoms with Gasteiger partial charge in [-0.25, -0.2) is 0 Å². The third kappa shape index (κ3) is 5.40. The minimum absolute atomic E-state index is 0.0949. The third-order valence-corrected chi connectivity index (χ3v) is 8.25. The molecule has 210 valence electrons. The van der Waals surface area contributed by atoms with Crippen molar-refractivity contribution in [3.63, 3.8) is 0 Å². The maximum Gasteiger partial charge on any atom is 0.131 e. The lowest BCUT2D eigenvalue weighted by molar-refractivity contribution is 0.389. The number of ether oxygens (including phenoxy) is 1. The van der Waals surface area contributed by atoms with Gasteiger partial charge in [0.15, 0.2) is 0 Å². The molecule has 0 aliphatic heterocycles. The van der Waals surface area contributed by atoms with Crippen LogP contribution in [-0.2, 0) is 5.41 Å². The molecule has 0 saturated carbocycles. The van der Waals surface area contributed by atoms with Gasteiger partial charge in [-0.05, 0) is 114 Å². The molecule has 0 heterocycles. The Balaban J connectivity index is 1.78. The van der Waals surface area contributed by atoms with Crippen LogP contribution in [-0.4, -0.2) is 15.3 Å². The number of aliphatic hydroxyl groups is 3. The lowest BCUT2D eigenvalue weighted by Gasteiger charge is -2.33. The monoisotopic (exact) mass is 538 g/mol. The molecule has 40 heavy (non-hydrogen) atoms. The van der Waals surface area contributed by atoms with E-state index in [1.165, 1.54) is 0 Å². The van der Waals surface area contributed by atoms with E-state index in [0.717, 1.165) is 80.0 Å². The minimum Gasteiger partial charge on any atom is -0.511 e. The number of rotatable bonds is 7. The largest absolute Gasteiger partial charge is 0.511 e. The Morgan fingerprint density at radius 1 is 1.05 bits per heavy atom. The number of aryl methyl sites for hydroxylation is 1. The summed E-state index contributed by atoms with van der Waals surface area (Å²) in [4.78, 5) is 0. The van der Waals surface area contributed by atoms with Gasteiger partial charge in [0.25, 0.3) is 0 Å². The van der Waals surface area contributed by atoms with Gasteiger partial charge in [0.05, 0.1) is 0 Å². The standard InChI is InChI=1S/C36H42O4/c1-9-25-20-31(39)34(22(4)19-30(25)38)26-13-15-32(21(3)18-26)40-33-16-14-28(27(10-2)23(5)24(6)37)29-12-11-17-36(7,8)35(29)33/h11-16,18-19,37-39H,6,9-10,17,20H2,1-5,7-8H3/b27-23+. The molecule has 2 aromatic rings. The fourth-order valence-electron chi connectivity index (χ4n) is 5.95. The quantitative estimate of drug-likeness (QED) is 0.242. The second-order valence-corrected chi connectivity index (χ2v) is 11.5. The molecular weight excluding hydrogens is 496 g/mol. The smallest absolute Gasteiger partial charge is 0.131 e. The van der Waals surface area contributed by atoms with Crippen LogP contribution in [0.5, 0.6) is 11.5 Å². The van der Waals surface area contributed by atoms with E-state index in [9.17, 15) is 15.3 Å². The van der Waals surface area contributed by atoms with Gasteiger partial charge in [-0.2, -0.15) is 0 Å². The van der Waals surface area contributed by atoms with Gasteiger partial charge in [-0.3, -0.25) is 0 Å². The van der Waals surface area contributed by atoms with Gasteiger partial charge >= 0.3 is 0 Å². The van der Waals surface area contributed by atoms with Crippen molar-refractivity contribution in [3.05, 3.63) is 111 Å². The first-order chi connectivity index (χ1) is 18.9. The lowest BCUT2D eigenvalue weighted by atomic mass is 9.73. The summed E-state index contributed by atoms with van der Waals surface area (Å²) >= 11 is 0.